The van der Waals surface area contributed by atoms with Crippen molar-refractivity contribution in [2.75, 3.05) is 33.9 Å². The third-order valence-electron chi connectivity index (χ3n) is 8.03. The van der Waals surface area contributed by atoms with Gasteiger partial charge in [-0.15, -0.1) is 0 Å². The van der Waals surface area contributed by atoms with Crippen molar-refractivity contribution < 1.29 is 54.9 Å². The average Bonchev–Trinajstić information content (AvgIpc) is 3.02. The van der Waals surface area contributed by atoms with E-state index in [4.69, 9.17) is 18.9 Å². The maximum absolute atomic E-state index is 14.5. The fourth-order valence-electron chi connectivity index (χ4n) is 5.67. The molecule has 0 aromatic heterocycles. The summed E-state index contributed by atoms with van der Waals surface area (Å²) in [5.41, 5.74) is -7.10. The Labute approximate surface area is 262 Å². The quantitative estimate of drug-likeness (QED) is 0.181. The molecular formula is C33H33F6NO6. The Morgan fingerprint density at radius 2 is 1.17 bits per heavy atom. The van der Waals surface area contributed by atoms with Crippen LogP contribution in [-0.4, -0.2) is 69.2 Å². The number of methoxy groups -OCH3 is 2. The largest absolute Gasteiger partial charge is 0.463 e. The van der Waals surface area contributed by atoms with Crippen LogP contribution < -0.4 is 0 Å². The molecule has 0 aliphatic carbocycles. The topological polar surface area (TPSA) is 74.3 Å². The number of ether oxygens (including phenoxy) is 4. The molecule has 7 nitrogen and oxygen atoms in total. The van der Waals surface area contributed by atoms with Gasteiger partial charge in [-0.1, -0.05) is 91.0 Å². The number of benzene rings is 3. The van der Waals surface area contributed by atoms with Crippen LogP contribution in [0.25, 0.3) is 0 Å². The highest BCUT2D eigenvalue weighted by atomic mass is 19.4. The summed E-state index contributed by atoms with van der Waals surface area (Å²) in [6.45, 7) is -0.0411. The Morgan fingerprint density at radius 1 is 0.717 bits per heavy atom. The summed E-state index contributed by atoms with van der Waals surface area (Å²) in [5, 5.41) is 0. The summed E-state index contributed by atoms with van der Waals surface area (Å²) in [6.07, 6.45) is -11.7. The minimum absolute atomic E-state index is 0.000604. The number of carbonyl (C=O) groups is 2. The number of nitrogens with zero attached hydrogens (tertiary/aromatic N) is 1. The van der Waals surface area contributed by atoms with Gasteiger partial charge in [0.2, 0.25) is 0 Å². The lowest BCUT2D eigenvalue weighted by atomic mass is 9.91. The van der Waals surface area contributed by atoms with Crippen LogP contribution in [0.15, 0.2) is 91.0 Å². The number of esters is 2. The molecule has 0 saturated carbocycles. The van der Waals surface area contributed by atoms with E-state index in [-0.39, 0.29) is 19.5 Å². The normalized spacial score (nSPS) is 20.3. The van der Waals surface area contributed by atoms with Crippen LogP contribution in [-0.2, 0) is 46.3 Å². The second-order valence-corrected chi connectivity index (χ2v) is 10.8. The predicted octanol–water partition coefficient (Wildman–Crippen LogP) is 6.17. The van der Waals surface area contributed by atoms with E-state index < -0.39 is 65.2 Å². The number of carbonyl (C=O) groups excluding carboxylic acids is 2. The lowest BCUT2D eigenvalue weighted by Crippen LogP contribution is -2.55. The first-order valence-electron chi connectivity index (χ1n) is 14.3. The van der Waals surface area contributed by atoms with Crippen molar-refractivity contribution in [2.24, 2.45) is 5.92 Å². The van der Waals surface area contributed by atoms with Gasteiger partial charge in [0.1, 0.15) is 6.10 Å². The van der Waals surface area contributed by atoms with Crippen LogP contribution in [0.3, 0.4) is 0 Å². The maximum atomic E-state index is 14.5. The number of alkyl halides is 6. The van der Waals surface area contributed by atoms with Crippen LogP contribution >= 0.6 is 0 Å². The highest BCUT2D eigenvalue weighted by Crippen LogP contribution is 2.45. The highest BCUT2D eigenvalue weighted by molar-refractivity contribution is 5.83. The molecule has 1 saturated heterocycles. The van der Waals surface area contributed by atoms with Crippen molar-refractivity contribution in [2.45, 2.75) is 42.6 Å². The van der Waals surface area contributed by atoms with Gasteiger partial charge in [0.05, 0.1) is 6.61 Å². The number of piperidine rings is 1. The van der Waals surface area contributed by atoms with Crippen LogP contribution in [0.5, 0.6) is 0 Å². The van der Waals surface area contributed by atoms with Crippen LogP contribution in [0.1, 0.15) is 23.1 Å². The van der Waals surface area contributed by atoms with Gasteiger partial charge in [0.25, 0.3) is 11.2 Å². The molecule has 0 bridgehead atoms. The van der Waals surface area contributed by atoms with Gasteiger partial charge >= 0.3 is 24.3 Å². The molecular weight excluding hydrogens is 620 g/mol. The summed E-state index contributed by atoms with van der Waals surface area (Å²) in [5.74, 6) is -4.54. The second kappa shape index (κ2) is 14.2. The molecule has 248 valence electrons. The second-order valence-electron chi connectivity index (χ2n) is 10.8. The number of halogens is 6. The minimum atomic E-state index is -5.24. The molecule has 13 heteroatoms. The van der Waals surface area contributed by atoms with Gasteiger partial charge in [0.15, 0.2) is 0 Å². The smallest absolute Gasteiger partial charge is 0.432 e. The van der Waals surface area contributed by atoms with Crippen molar-refractivity contribution in [3.8, 4) is 0 Å². The van der Waals surface area contributed by atoms with Crippen molar-refractivity contribution in [1.29, 1.82) is 0 Å². The van der Waals surface area contributed by atoms with E-state index in [9.17, 15) is 35.9 Å². The third kappa shape index (κ3) is 6.91. The molecule has 4 rings (SSSR count). The van der Waals surface area contributed by atoms with Crippen molar-refractivity contribution in [3.05, 3.63) is 108 Å². The zero-order chi connectivity index (χ0) is 33.6. The van der Waals surface area contributed by atoms with Gasteiger partial charge in [-0.25, -0.2) is 9.59 Å². The van der Waals surface area contributed by atoms with E-state index in [0.29, 0.717) is 6.54 Å². The van der Waals surface area contributed by atoms with Crippen LogP contribution in [0.4, 0.5) is 26.3 Å². The third-order valence-corrected chi connectivity index (χ3v) is 8.03. The SMILES string of the molecule is CO[C@@](C(=O)OC[C@H]1CN(Cc2ccccc2)CC[C@H]1OC(=O)[C@](OC)(c1ccccc1)C(F)(F)F)(c1ccccc1)C(F)(F)F. The molecule has 0 spiro atoms. The van der Waals surface area contributed by atoms with Crippen LogP contribution in [0, 0.1) is 5.92 Å². The van der Waals surface area contributed by atoms with E-state index in [0.717, 1.165) is 44.0 Å². The molecule has 0 amide bonds. The number of likely N-dealkylation sites (tertiary alicyclic amines) is 1. The maximum Gasteiger partial charge on any atom is 0.432 e. The number of hydrogen-bond acceptors (Lipinski definition) is 7. The van der Waals surface area contributed by atoms with Crippen molar-refractivity contribution in [3.63, 3.8) is 0 Å². The lowest BCUT2D eigenvalue weighted by molar-refractivity contribution is -0.280. The van der Waals surface area contributed by atoms with E-state index in [1.165, 1.54) is 36.4 Å². The first-order valence-corrected chi connectivity index (χ1v) is 14.3. The molecule has 0 N–H and O–H groups in total. The van der Waals surface area contributed by atoms with E-state index in [1.807, 2.05) is 35.2 Å². The lowest BCUT2D eigenvalue weighted by Gasteiger charge is -2.40. The zero-order valence-corrected chi connectivity index (χ0v) is 25.0. The Morgan fingerprint density at radius 3 is 1.63 bits per heavy atom. The predicted molar refractivity (Wildman–Crippen MR) is 153 cm³/mol. The van der Waals surface area contributed by atoms with Gasteiger partial charge in [0, 0.05) is 50.9 Å². The van der Waals surface area contributed by atoms with Crippen molar-refractivity contribution >= 4 is 11.9 Å². The Balaban J connectivity index is 1.63. The van der Waals surface area contributed by atoms with Gasteiger partial charge < -0.3 is 18.9 Å². The number of rotatable bonds is 11. The molecule has 46 heavy (non-hydrogen) atoms. The fraction of sp³-hybridized carbons (Fsp3) is 0.394. The summed E-state index contributed by atoms with van der Waals surface area (Å²) < 4.78 is 107. The summed E-state index contributed by atoms with van der Waals surface area (Å²) in [4.78, 5) is 28.6. The fourth-order valence-corrected chi connectivity index (χ4v) is 5.67. The van der Waals surface area contributed by atoms with Gasteiger partial charge in [-0.3, -0.25) is 4.90 Å². The Kier molecular flexibility index (Phi) is 10.8. The van der Waals surface area contributed by atoms with Crippen molar-refractivity contribution in [1.82, 2.24) is 4.90 Å². The molecule has 3 aromatic rings. The molecule has 1 heterocycles. The molecule has 4 atom stereocenters. The molecule has 1 fully saturated rings. The molecule has 1 aliphatic rings. The monoisotopic (exact) mass is 653 g/mol. The molecule has 3 aromatic carbocycles. The Hall–Kier alpha value is -3.94. The van der Waals surface area contributed by atoms with E-state index in [2.05, 4.69) is 0 Å². The van der Waals surface area contributed by atoms with Gasteiger partial charge in [-0.05, 0) is 12.0 Å². The van der Waals surface area contributed by atoms with E-state index >= 15 is 0 Å². The highest BCUT2D eigenvalue weighted by Gasteiger charge is 2.65. The first kappa shape index (κ1) is 34.9. The first-order chi connectivity index (χ1) is 21.8. The minimum Gasteiger partial charge on any atom is -0.463 e. The van der Waals surface area contributed by atoms with Gasteiger partial charge in [-0.2, -0.15) is 26.3 Å². The molecule has 1 aliphatic heterocycles. The molecule has 0 unspecified atom stereocenters. The zero-order valence-electron chi connectivity index (χ0n) is 25.0. The number of hydrogen-bond donors (Lipinski definition) is 0. The van der Waals surface area contributed by atoms with E-state index in [1.54, 1.807) is 0 Å². The summed E-state index contributed by atoms with van der Waals surface area (Å²) in [6, 6.07) is 21.6. The standard InChI is InChI=1S/C33H33F6NO6/c1-43-30(32(34,35)36,25-14-8-4-9-15-25)28(41)45-22-24-21-40(20-23-12-6-3-7-13-23)19-18-27(24)46-29(42)31(44-2,33(37,38)39)26-16-10-5-11-17-26/h3-17,24,27H,18-22H2,1-2H3/t24-,27-,30-,31-/m1/s1. The molecule has 0 radical (unpaired) electrons. The summed E-state index contributed by atoms with van der Waals surface area (Å²) in [7, 11) is 1.45. The summed E-state index contributed by atoms with van der Waals surface area (Å²) >= 11 is 0. The Bertz CT molecular complexity index is 1440. The van der Waals surface area contributed by atoms with Crippen LogP contribution in [0.2, 0.25) is 0 Å². The average molecular weight is 654 g/mol.